The predicted octanol–water partition coefficient (Wildman–Crippen LogP) is 0.682. The van der Waals surface area contributed by atoms with Crippen LogP contribution in [0.15, 0.2) is 4.52 Å². The molecule has 0 saturated carbocycles. The summed E-state index contributed by atoms with van der Waals surface area (Å²) in [6, 6.07) is 0. The number of aromatic nitrogens is 2. The molecule has 1 aromatic heterocycles. The summed E-state index contributed by atoms with van der Waals surface area (Å²) in [4.78, 5) is 3.46. The number of nitrogens with two attached hydrogens (primary N) is 1. The first-order valence-corrected chi connectivity index (χ1v) is 3.45. The molecule has 1 heterocycles. The van der Waals surface area contributed by atoms with Gasteiger partial charge in [0.25, 0.3) is 5.89 Å². The number of alkyl halides is 2. The second-order valence-electron chi connectivity index (χ2n) is 2.44. The van der Waals surface area contributed by atoms with Crippen LogP contribution in [0.25, 0.3) is 0 Å². The van der Waals surface area contributed by atoms with E-state index < -0.39 is 11.8 Å². The van der Waals surface area contributed by atoms with Crippen molar-refractivity contribution < 1.29 is 13.3 Å². The van der Waals surface area contributed by atoms with E-state index in [4.69, 9.17) is 5.73 Å². The monoisotopic (exact) mass is 177 g/mol. The molecule has 12 heavy (non-hydrogen) atoms. The van der Waals surface area contributed by atoms with Gasteiger partial charge in [-0.05, 0) is 6.54 Å². The minimum atomic E-state index is -3.07. The molecular formula is C6H9F2N3O. The fraction of sp³-hybridized carbons (Fsp3) is 0.667. The summed E-state index contributed by atoms with van der Waals surface area (Å²) in [5.41, 5.74) is 5.17. The van der Waals surface area contributed by atoms with E-state index in [2.05, 4.69) is 14.7 Å². The van der Waals surface area contributed by atoms with Gasteiger partial charge in [-0.2, -0.15) is 13.8 Å². The summed E-state index contributed by atoms with van der Waals surface area (Å²) in [6.45, 7) is 1.01. The lowest BCUT2D eigenvalue weighted by atomic mass is 10.4. The molecule has 0 spiro atoms. The van der Waals surface area contributed by atoms with Crippen LogP contribution in [0, 0.1) is 0 Å². The Hall–Kier alpha value is -1.04. The quantitative estimate of drug-likeness (QED) is 0.737. The van der Waals surface area contributed by atoms with Crippen LogP contribution in [-0.2, 0) is 12.3 Å². The zero-order valence-corrected chi connectivity index (χ0v) is 6.55. The molecule has 0 amide bonds. The molecule has 4 nitrogen and oxygen atoms in total. The number of nitrogens with zero attached hydrogens (tertiary/aromatic N) is 2. The van der Waals surface area contributed by atoms with Crippen LogP contribution in [0.5, 0.6) is 0 Å². The van der Waals surface area contributed by atoms with Gasteiger partial charge in [-0.1, -0.05) is 5.16 Å². The highest BCUT2D eigenvalue weighted by molar-refractivity contribution is 4.92. The highest BCUT2D eigenvalue weighted by Crippen LogP contribution is 2.24. The fourth-order valence-corrected chi connectivity index (χ4v) is 0.663. The fourth-order valence-electron chi connectivity index (χ4n) is 0.663. The Morgan fingerprint density at radius 2 is 2.25 bits per heavy atom. The van der Waals surface area contributed by atoms with Gasteiger partial charge in [-0.25, -0.2) is 0 Å². The van der Waals surface area contributed by atoms with E-state index in [-0.39, 0.29) is 5.82 Å². The summed E-state index contributed by atoms with van der Waals surface area (Å²) in [5.74, 6) is -3.51. The second-order valence-corrected chi connectivity index (χ2v) is 2.44. The number of halogens is 2. The van der Waals surface area contributed by atoms with Gasteiger partial charge in [0.2, 0.25) is 0 Å². The zero-order chi connectivity index (χ0) is 9.19. The number of hydrogen-bond donors (Lipinski definition) is 1. The minimum Gasteiger partial charge on any atom is -0.333 e. The smallest absolute Gasteiger partial charge is 0.322 e. The zero-order valence-electron chi connectivity index (χ0n) is 6.55. The van der Waals surface area contributed by atoms with Gasteiger partial charge in [-0.3, -0.25) is 0 Å². The van der Waals surface area contributed by atoms with E-state index in [1.807, 2.05) is 0 Å². The van der Waals surface area contributed by atoms with E-state index >= 15 is 0 Å². The maximum absolute atomic E-state index is 12.5. The molecule has 0 aliphatic heterocycles. The molecule has 68 valence electrons. The third kappa shape index (κ3) is 1.97. The Balaban J connectivity index is 2.77. The van der Waals surface area contributed by atoms with Crippen LogP contribution in [-0.4, -0.2) is 16.7 Å². The van der Waals surface area contributed by atoms with Crippen LogP contribution >= 0.6 is 0 Å². The van der Waals surface area contributed by atoms with Crippen molar-refractivity contribution >= 4 is 0 Å². The molecule has 1 aromatic rings. The van der Waals surface area contributed by atoms with E-state index in [0.29, 0.717) is 19.9 Å². The first-order valence-electron chi connectivity index (χ1n) is 3.45. The van der Waals surface area contributed by atoms with Crippen molar-refractivity contribution in [2.45, 2.75) is 19.3 Å². The highest BCUT2D eigenvalue weighted by Gasteiger charge is 2.31. The summed E-state index contributed by atoms with van der Waals surface area (Å²) in [6.07, 6.45) is 0.347. The molecule has 1 rings (SSSR count). The summed E-state index contributed by atoms with van der Waals surface area (Å²) in [7, 11) is 0. The van der Waals surface area contributed by atoms with Gasteiger partial charge >= 0.3 is 5.92 Å². The van der Waals surface area contributed by atoms with Crippen LogP contribution in [0.4, 0.5) is 8.78 Å². The lowest BCUT2D eigenvalue weighted by molar-refractivity contribution is -0.0158. The van der Waals surface area contributed by atoms with Crippen LogP contribution in [0.1, 0.15) is 18.6 Å². The van der Waals surface area contributed by atoms with E-state index in [1.165, 1.54) is 0 Å². The van der Waals surface area contributed by atoms with Crippen molar-refractivity contribution in [3.8, 4) is 0 Å². The van der Waals surface area contributed by atoms with Gasteiger partial charge in [0.05, 0.1) is 0 Å². The number of hydrogen-bond acceptors (Lipinski definition) is 4. The average Bonchev–Trinajstić information content (AvgIpc) is 2.35. The van der Waals surface area contributed by atoms with Crippen molar-refractivity contribution in [1.29, 1.82) is 0 Å². The van der Waals surface area contributed by atoms with Crippen molar-refractivity contribution in [2.75, 3.05) is 6.54 Å². The van der Waals surface area contributed by atoms with Gasteiger partial charge in [0.15, 0.2) is 5.82 Å². The van der Waals surface area contributed by atoms with Crippen molar-refractivity contribution in [3.05, 3.63) is 11.7 Å². The second kappa shape index (κ2) is 3.14. The van der Waals surface area contributed by atoms with Crippen LogP contribution < -0.4 is 5.73 Å². The lowest BCUT2D eigenvalue weighted by Gasteiger charge is -2.00. The highest BCUT2D eigenvalue weighted by atomic mass is 19.3. The number of rotatable bonds is 3. The maximum atomic E-state index is 12.5. The Kier molecular flexibility index (Phi) is 2.37. The first-order chi connectivity index (χ1) is 5.54. The van der Waals surface area contributed by atoms with E-state index in [0.717, 1.165) is 0 Å². The summed E-state index contributed by atoms with van der Waals surface area (Å²) < 4.78 is 29.3. The first kappa shape index (κ1) is 9.05. The topological polar surface area (TPSA) is 64.9 Å². The molecule has 0 radical (unpaired) electrons. The van der Waals surface area contributed by atoms with Gasteiger partial charge < -0.3 is 10.3 Å². The van der Waals surface area contributed by atoms with E-state index in [9.17, 15) is 8.78 Å². The van der Waals surface area contributed by atoms with Crippen LogP contribution in [0.2, 0.25) is 0 Å². The van der Waals surface area contributed by atoms with Crippen molar-refractivity contribution in [2.24, 2.45) is 5.73 Å². The maximum Gasteiger partial charge on any atom is 0.322 e. The molecule has 2 N–H and O–H groups in total. The summed E-state index contributed by atoms with van der Waals surface area (Å²) in [5, 5.41) is 3.33. The average molecular weight is 177 g/mol. The molecule has 0 fully saturated rings. The van der Waals surface area contributed by atoms with E-state index in [1.54, 1.807) is 0 Å². The molecule has 0 aliphatic carbocycles. The normalized spacial score (nSPS) is 12.0. The largest absolute Gasteiger partial charge is 0.333 e. The minimum absolute atomic E-state index is 0.217. The Morgan fingerprint density at radius 1 is 1.58 bits per heavy atom. The van der Waals surface area contributed by atoms with Gasteiger partial charge in [0, 0.05) is 13.3 Å². The van der Waals surface area contributed by atoms with Crippen molar-refractivity contribution in [3.63, 3.8) is 0 Å². The predicted molar refractivity (Wildman–Crippen MR) is 36.6 cm³/mol. The standard InChI is InChI=1S/C6H9F2N3O/c1-6(7,8)5-10-4(2-3-9)11-12-5/h2-3,9H2,1H3. The Labute approximate surface area is 67.7 Å². The lowest BCUT2D eigenvalue weighted by Crippen LogP contribution is -2.08. The van der Waals surface area contributed by atoms with Crippen molar-refractivity contribution in [1.82, 2.24) is 10.1 Å². The SMILES string of the molecule is CC(F)(F)c1nc(CCN)no1. The molecule has 0 aliphatic rings. The molecule has 0 atom stereocenters. The molecule has 0 bridgehead atoms. The molecule has 6 heteroatoms. The van der Waals surface area contributed by atoms with Gasteiger partial charge in [0.1, 0.15) is 0 Å². The molecule has 0 saturated heterocycles. The molecule has 0 unspecified atom stereocenters. The third-order valence-electron chi connectivity index (χ3n) is 1.21. The van der Waals surface area contributed by atoms with Gasteiger partial charge in [-0.15, -0.1) is 0 Å². The Bertz CT molecular complexity index is 256. The molecule has 0 aromatic carbocycles. The molecular weight excluding hydrogens is 168 g/mol. The Morgan fingerprint density at radius 3 is 2.67 bits per heavy atom. The van der Waals surface area contributed by atoms with Crippen LogP contribution in [0.3, 0.4) is 0 Å². The third-order valence-corrected chi connectivity index (χ3v) is 1.21. The summed E-state index contributed by atoms with van der Waals surface area (Å²) >= 11 is 0.